The fourth-order valence-corrected chi connectivity index (χ4v) is 4.73. The summed E-state index contributed by atoms with van der Waals surface area (Å²) in [6, 6.07) is 29.4. The number of carbonyl (C=O) groups is 1. The minimum absolute atomic E-state index is 0.0527. The van der Waals surface area contributed by atoms with Crippen LogP contribution in [-0.2, 0) is 27.8 Å². The molecule has 0 aliphatic heterocycles. The van der Waals surface area contributed by atoms with Gasteiger partial charge in [0.15, 0.2) is 0 Å². The van der Waals surface area contributed by atoms with E-state index in [1.807, 2.05) is 60.7 Å². The Morgan fingerprint density at radius 2 is 1.43 bits per heavy atom. The van der Waals surface area contributed by atoms with Crippen LogP contribution in [0.3, 0.4) is 0 Å². The zero-order chi connectivity index (χ0) is 24.7. The van der Waals surface area contributed by atoms with Crippen LogP contribution in [0.5, 0.6) is 0 Å². The molecule has 1 atom stereocenters. The van der Waals surface area contributed by atoms with Crippen molar-refractivity contribution in [3.63, 3.8) is 0 Å². The van der Waals surface area contributed by atoms with E-state index < -0.39 is 22.0 Å². The number of rotatable bonds is 10. The van der Waals surface area contributed by atoms with Gasteiger partial charge < -0.3 is 5.11 Å². The normalized spacial score (nSPS) is 12.1. The van der Waals surface area contributed by atoms with Crippen LogP contribution in [0.15, 0.2) is 108 Å². The number of benzene rings is 3. The first-order valence-electron chi connectivity index (χ1n) is 11.1. The van der Waals surface area contributed by atoms with E-state index in [-0.39, 0.29) is 23.5 Å². The number of aromatic nitrogens is 1. The molecule has 0 unspecified atom stereocenters. The average molecular weight is 488 g/mol. The molecule has 7 nitrogen and oxygen atoms in total. The van der Waals surface area contributed by atoms with E-state index in [0.29, 0.717) is 11.4 Å². The fourth-order valence-electron chi connectivity index (χ4n) is 3.62. The van der Waals surface area contributed by atoms with Crippen molar-refractivity contribution >= 4 is 21.7 Å². The summed E-state index contributed by atoms with van der Waals surface area (Å²) >= 11 is 0. The zero-order valence-electron chi connectivity index (χ0n) is 18.8. The van der Waals surface area contributed by atoms with Gasteiger partial charge in [-0.05, 0) is 36.2 Å². The minimum atomic E-state index is -3.85. The second kappa shape index (κ2) is 10.9. The molecule has 0 spiro atoms. The van der Waals surface area contributed by atoms with Gasteiger partial charge in [0.05, 0.1) is 22.0 Å². The molecule has 35 heavy (non-hydrogen) atoms. The number of hydrogen-bond acceptors (Lipinski definition) is 5. The Hall–Kier alpha value is -4.01. The topological polar surface area (TPSA) is 108 Å². The van der Waals surface area contributed by atoms with E-state index in [1.54, 1.807) is 30.3 Å². The zero-order valence-corrected chi connectivity index (χ0v) is 19.7. The Morgan fingerprint density at radius 3 is 2.06 bits per heavy atom. The molecule has 0 saturated heterocycles. The highest BCUT2D eigenvalue weighted by molar-refractivity contribution is 7.92. The number of carboxylic acids is 1. The van der Waals surface area contributed by atoms with Crippen LogP contribution in [0.25, 0.3) is 11.3 Å². The lowest BCUT2D eigenvalue weighted by atomic mass is 10.1. The molecular weight excluding hydrogens is 462 g/mol. The van der Waals surface area contributed by atoms with Crippen LogP contribution in [0.4, 0.5) is 5.69 Å². The molecular formula is C27H25N3O4S. The molecule has 0 radical (unpaired) electrons. The summed E-state index contributed by atoms with van der Waals surface area (Å²) in [6.07, 6.45) is 0.277. The van der Waals surface area contributed by atoms with Gasteiger partial charge in [-0.3, -0.25) is 14.8 Å². The number of nitrogens with zero attached hydrogens (tertiary/aromatic N) is 1. The van der Waals surface area contributed by atoms with E-state index in [9.17, 15) is 18.3 Å². The average Bonchev–Trinajstić information content (AvgIpc) is 2.88. The Labute approximate surface area is 204 Å². The van der Waals surface area contributed by atoms with Crippen LogP contribution in [-0.4, -0.2) is 30.5 Å². The molecule has 0 aliphatic carbocycles. The van der Waals surface area contributed by atoms with Gasteiger partial charge in [0.1, 0.15) is 6.04 Å². The van der Waals surface area contributed by atoms with E-state index in [2.05, 4.69) is 15.0 Å². The van der Waals surface area contributed by atoms with E-state index >= 15 is 0 Å². The first-order valence-corrected chi connectivity index (χ1v) is 12.5. The largest absolute Gasteiger partial charge is 0.480 e. The van der Waals surface area contributed by atoms with E-state index in [0.717, 1.165) is 11.1 Å². The van der Waals surface area contributed by atoms with Gasteiger partial charge in [-0.1, -0.05) is 78.9 Å². The summed E-state index contributed by atoms with van der Waals surface area (Å²) < 4.78 is 28.5. The Kier molecular flexibility index (Phi) is 7.54. The monoisotopic (exact) mass is 487 g/mol. The quantitative estimate of drug-likeness (QED) is 0.307. The summed E-state index contributed by atoms with van der Waals surface area (Å²) in [4.78, 5) is 16.7. The van der Waals surface area contributed by atoms with Gasteiger partial charge in [-0.25, -0.2) is 13.4 Å². The van der Waals surface area contributed by atoms with Crippen molar-refractivity contribution in [2.24, 2.45) is 0 Å². The number of pyridine rings is 1. The molecule has 3 aromatic carbocycles. The molecule has 0 aliphatic rings. The molecule has 1 aromatic heterocycles. The smallest absolute Gasteiger partial charge is 0.321 e. The van der Waals surface area contributed by atoms with Crippen molar-refractivity contribution in [2.75, 3.05) is 4.72 Å². The lowest BCUT2D eigenvalue weighted by Gasteiger charge is -2.17. The van der Waals surface area contributed by atoms with Gasteiger partial charge >= 0.3 is 5.97 Å². The lowest BCUT2D eigenvalue weighted by molar-refractivity contribution is -0.139. The first-order chi connectivity index (χ1) is 16.9. The predicted octanol–water partition coefficient (Wildman–Crippen LogP) is 4.33. The summed E-state index contributed by atoms with van der Waals surface area (Å²) in [7, 11) is -3.85. The maximum atomic E-state index is 12.9. The highest BCUT2D eigenvalue weighted by Gasteiger charge is 2.21. The maximum Gasteiger partial charge on any atom is 0.321 e. The van der Waals surface area contributed by atoms with Crippen LogP contribution in [0, 0.1) is 0 Å². The number of aliphatic carboxylic acids is 1. The minimum Gasteiger partial charge on any atom is -0.480 e. The summed E-state index contributed by atoms with van der Waals surface area (Å²) in [5, 5.41) is 12.8. The third-order valence-electron chi connectivity index (χ3n) is 5.44. The third-order valence-corrected chi connectivity index (χ3v) is 6.82. The van der Waals surface area contributed by atoms with Crippen LogP contribution in [0.1, 0.15) is 11.3 Å². The number of anilines is 1. The number of hydrogen-bond donors (Lipinski definition) is 3. The highest BCUT2D eigenvalue weighted by atomic mass is 32.2. The SMILES string of the molecule is O=C(O)[C@H](Cc1ccccc1)NCc1nc(-c2ccccc2)ccc1NS(=O)(=O)c1ccccc1. The van der Waals surface area contributed by atoms with Crippen molar-refractivity contribution in [3.05, 3.63) is 114 Å². The Balaban J connectivity index is 1.63. The third kappa shape index (κ3) is 6.32. The molecule has 0 amide bonds. The van der Waals surface area contributed by atoms with Gasteiger partial charge in [-0.15, -0.1) is 0 Å². The van der Waals surface area contributed by atoms with Crippen molar-refractivity contribution in [1.82, 2.24) is 10.3 Å². The van der Waals surface area contributed by atoms with Gasteiger partial charge in [0.25, 0.3) is 10.0 Å². The molecule has 3 N–H and O–H groups in total. The molecule has 0 saturated carbocycles. The molecule has 8 heteroatoms. The maximum absolute atomic E-state index is 12.9. The van der Waals surface area contributed by atoms with Crippen LogP contribution in [0.2, 0.25) is 0 Å². The Bertz CT molecular complexity index is 1380. The summed E-state index contributed by atoms with van der Waals surface area (Å²) in [6.45, 7) is 0.0527. The number of carboxylic acid groups (broad SMARTS) is 1. The van der Waals surface area contributed by atoms with E-state index in [1.165, 1.54) is 12.1 Å². The number of sulfonamides is 1. The van der Waals surface area contributed by atoms with Crippen molar-refractivity contribution in [1.29, 1.82) is 0 Å². The molecule has 0 bridgehead atoms. The molecule has 178 valence electrons. The van der Waals surface area contributed by atoms with Crippen molar-refractivity contribution in [2.45, 2.75) is 23.9 Å². The Morgan fingerprint density at radius 1 is 0.829 bits per heavy atom. The molecule has 4 rings (SSSR count). The second-order valence-corrected chi connectivity index (χ2v) is 9.62. The summed E-state index contributed by atoms with van der Waals surface area (Å²) in [5.41, 5.74) is 3.07. The highest BCUT2D eigenvalue weighted by Crippen LogP contribution is 2.24. The molecule has 1 heterocycles. The van der Waals surface area contributed by atoms with Gasteiger partial charge in [-0.2, -0.15) is 0 Å². The predicted molar refractivity (Wildman–Crippen MR) is 135 cm³/mol. The number of nitrogens with one attached hydrogen (secondary N) is 2. The van der Waals surface area contributed by atoms with Gasteiger partial charge in [0.2, 0.25) is 0 Å². The lowest BCUT2D eigenvalue weighted by Crippen LogP contribution is -2.38. The van der Waals surface area contributed by atoms with E-state index in [4.69, 9.17) is 0 Å². The second-order valence-electron chi connectivity index (χ2n) is 7.94. The summed E-state index contributed by atoms with van der Waals surface area (Å²) in [5.74, 6) is -1.00. The first kappa shape index (κ1) is 24.1. The van der Waals surface area contributed by atoms with Gasteiger partial charge in [0, 0.05) is 12.1 Å². The van der Waals surface area contributed by atoms with Crippen LogP contribution >= 0.6 is 0 Å². The van der Waals surface area contributed by atoms with Crippen molar-refractivity contribution in [3.8, 4) is 11.3 Å². The molecule has 4 aromatic rings. The standard InChI is InChI=1S/C27H25N3O4S/c31-27(32)25(18-20-10-4-1-5-11-20)28-19-26-24(30-35(33,34)22-14-8-3-9-15-22)17-16-23(29-26)21-12-6-2-7-13-21/h1-17,25,28,30H,18-19H2,(H,31,32)/t25-/m0/s1. The molecule has 0 fully saturated rings. The van der Waals surface area contributed by atoms with Crippen molar-refractivity contribution < 1.29 is 18.3 Å². The van der Waals surface area contributed by atoms with Crippen LogP contribution < -0.4 is 10.0 Å². The fraction of sp³-hybridized carbons (Fsp3) is 0.111.